The summed E-state index contributed by atoms with van der Waals surface area (Å²) in [7, 11) is 1.55. The predicted molar refractivity (Wildman–Crippen MR) is 105 cm³/mol. The predicted octanol–water partition coefficient (Wildman–Crippen LogP) is 1.67. The Bertz CT molecular complexity index is 741. The zero-order valence-corrected chi connectivity index (χ0v) is 16.8. The Hall–Kier alpha value is -2.57. The van der Waals surface area contributed by atoms with Crippen molar-refractivity contribution >= 4 is 17.7 Å². The third-order valence-corrected chi connectivity index (χ3v) is 5.62. The minimum Gasteiger partial charge on any atom is -0.496 e. The summed E-state index contributed by atoms with van der Waals surface area (Å²) in [6.07, 6.45) is 1.73. The lowest BCUT2D eigenvalue weighted by Crippen LogP contribution is -2.48. The van der Waals surface area contributed by atoms with E-state index >= 15 is 0 Å². The van der Waals surface area contributed by atoms with Crippen molar-refractivity contribution in [2.75, 3.05) is 26.7 Å². The maximum atomic E-state index is 12.8. The second-order valence-electron chi connectivity index (χ2n) is 7.81. The maximum Gasteiger partial charge on any atom is 0.255 e. The quantitative estimate of drug-likeness (QED) is 0.834. The van der Waals surface area contributed by atoms with Crippen LogP contribution < -0.4 is 10.1 Å². The molecule has 0 spiro atoms. The maximum absolute atomic E-state index is 12.8. The second-order valence-corrected chi connectivity index (χ2v) is 7.81. The van der Waals surface area contributed by atoms with Crippen LogP contribution in [0.5, 0.6) is 5.75 Å². The number of hydrogen-bond donors (Lipinski definition) is 1. The molecule has 1 aromatic carbocycles. The molecule has 0 saturated carbocycles. The van der Waals surface area contributed by atoms with Crippen molar-refractivity contribution in [1.82, 2.24) is 15.1 Å². The number of hydrogen-bond acceptors (Lipinski definition) is 4. The van der Waals surface area contributed by atoms with E-state index in [-0.39, 0.29) is 35.7 Å². The number of para-hydroxylation sites is 1. The fraction of sp³-hybridized carbons (Fsp3) is 0.571. The van der Waals surface area contributed by atoms with Crippen LogP contribution in [-0.4, -0.2) is 66.3 Å². The number of rotatable bonds is 5. The number of nitrogens with zero attached hydrogens (tertiary/aromatic N) is 2. The Kier molecular flexibility index (Phi) is 6.21. The van der Waals surface area contributed by atoms with Crippen LogP contribution >= 0.6 is 0 Å². The molecule has 2 fully saturated rings. The van der Waals surface area contributed by atoms with Gasteiger partial charge in [0, 0.05) is 38.1 Å². The molecule has 1 aromatic rings. The third kappa shape index (κ3) is 4.29. The van der Waals surface area contributed by atoms with Gasteiger partial charge in [-0.25, -0.2) is 0 Å². The van der Waals surface area contributed by atoms with Crippen molar-refractivity contribution < 1.29 is 19.1 Å². The van der Waals surface area contributed by atoms with Crippen LogP contribution in [0.1, 0.15) is 43.5 Å². The summed E-state index contributed by atoms with van der Waals surface area (Å²) >= 11 is 0. The van der Waals surface area contributed by atoms with Gasteiger partial charge in [0.05, 0.1) is 18.6 Å². The molecule has 7 nitrogen and oxygen atoms in total. The number of carbonyl (C=O) groups excluding carboxylic acids is 3. The molecule has 1 atom stereocenters. The van der Waals surface area contributed by atoms with Gasteiger partial charge in [0.1, 0.15) is 5.75 Å². The van der Waals surface area contributed by atoms with Crippen molar-refractivity contribution in [3.63, 3.8) is 0 Å². The van der Waals surface area contributed by atoms with Gasteiger partial charge in [0.15, 0.2) is 0 Å². The van der Waals surface area contributed by atoms with E-state index in [9.17, 15) is 14.4 Å². The number of nitrogens with one attached hydrogen (secondary N) is 1. The molecule has 152 valence electrons. The molecule has 1 N–H and O–H groups in total. The van der Waals surface area contributed by atoms with Crippen LogP contribution in [0, 0.1) is 5.92 Å². The molecule has 2 heterocycles. The topological polar surface area (TPSA) is 79.0 Å². The highest BCUT2D eigenvalue weighted by Crippen LogP contribution is 2.24. The first-order chi connectivity index (χ1) is 13.4. The van der Waals surface area contributed by atoms with Crippen molar-refractivity contribution in [3.05, 3.63) is 29.8 Å². The first-order valence-electron chi connectivity index (χ1n) is 9.92. The zero-order chi connectivity index (χ0) is 20.3. The lowest BCUT2D eigenvalue weighted by molar-refractivity contribution is -0.136. The summed E-state index contributed by atoms with van der Waals surface area (Å²) < 4.78 is 5.25. The highest BCUT2D eigenvalue weighted by molar-refractivity contribution is 5.97. The van der Waals surface area contributed by atoms with Crippen molar-refractivity contribution in [2.45, 2.75) is 45.2 Å². The number of likely N-dealkylation sites (tertiary alicyclic amines) is 2. The SMILES string of the molecule is COc1ccccc1C(=O)NC1CCN(C(=O)C2CC(=O)N(C(C)C)C2)CC1. The molecule has 0 bridgehead atoms. The average molecular weight is 387 g/mol. The fourth-order valence-electron chi connectivity index (χ4n) is 3.99. The van der Waals surface area contributed by atoms with Crippen LogP contribution in [0.3, 0.4) is 0 Å². The van der Waals surface area contributed by atoms with Gasteiger partial charge >= 0.3 is 0 Å². The molecular weight excluding hydrogens is 358 g/mol. The van der Waals surface area contributed by atoms with E-state index in [1.807, 2.05) is 30.9 Å². The Balaban J connectivity index is 1.51. The van der Waals surface area contributed by atoms with Gasteiger partial charge in [-0.05, 0) is 38.8 Å². The van der Waals surface area contributed by atoms with Crippen molar-refractivity contribution in [1.29, 1.82) is 0 Å². The van der Waals surface area contributed by atoms with E-state index in [0.29, 0.717) is 50.2 Å². The minimum atomic E-state index is -0.241. The lowest BCUT2D eigenvalue weighted by atomic mass is 10.0. The van der Waals surface area contributed by atoms with Crippen LogP contribution in [0.15, 0.2) is 24.3 Å². The molecule has 0 aliphatic carbocycles. The fourth-order valence-corrected chi connectivity index (χ4v) is 3.99. The first kappa shape index (κ1) is 20.2. The van der Waals surface area contributed by atoms with Crippen LogP contribution in [0.25, 0.3) is 0 Å². The van der Waals surface area contributed by atoms with E-state index in [1.54, 1.807) is 24.1 Å². The highest BCUT2D eigenvalue weighted by atomic mass is 16.5. The molecule has 2 aliphatic heterocycles. The average Bonchev–Trinajstić information content (AvgIpc) is 3.10. The first-order valence-corrected chi connectivity index (χ1v) is 9.92. The Morgan fingerprint density at radius 1 is 1.18 bits per heavy atom. The second kappa shape index (κ2) is 8.63. The Morgan fingerprint density at radius 2 is 1.86 bits per heavy atom. The van der Waals surface area contributed by atoms with Gasteiger partial charge in [-0.15, -0.1) is 0 Å². The lowest BCUT2D eigenvalue weighted by Gasteiger charge is -2.34. The number of benzene rings is 1. The standard InChI is InChI=1S/C21H29N3O4/c1-14(2)24-13-15(12-19(24)25)21(27)23-10-8-16(9-11-23)22-20(26)17-6-4-5-7-18(17)28-3/h4-7,14-16H,8-13H2,1-3H3,(H,22,26). The molecule has 0 aromatic heterocycles. The largest absolute Gasteiger partial charge is 0.496 e. The van der Waals surface area contributed by atoms with Crippen molar-refractivity contribution in [2.24, 2.45) is 5.92 Å². The van der Waals surface area contributed by atoms with Crippen LogP contribution in [0.4, 0.5) is 0 Å². The summed E-state index contributed by atoms with van der Waals surface area (Å²) in [4.78, 5) is 41.0. The number of methoxy groups -OCH3 is 1. The minimum absolute atomic E-state index is 0.0267. The van der Waals surface area contributed by atoms with E-state index in [1.165, 1.54) is 0 Å². The highest BCUT2D eigenvalue weighted by Gasteiger charge is 2.38. The van der Waals surface area contributed by atoms with Gasteiger partial charge in [-0.1, -0.05) is 12.1 Å². The Morgan fingerprint density at radius 3 is 2.46 bits per heavy atom. The van der Waals surface area contributed by atoms with Gasteiger partial charge < -0.3 is 19.9 Å². The molecule has 2 aliphatic rings. The van der Waals surface area contributed by atoms with Crippen LogP contribution in [-0.2, 0) is 9.59 Å². The Labute approximate surface area is 166 Å². The number of carbonyl (C=O) groups is 3. The molecule has 3 amide bonds. The van der Waals surface area contributed by atoms with Gasteiger partial charge in [-0.3, -0.25) is 14.4 Å². The molecule has 28 heavy (non-hydrogen) atoms. The smallest absolute Gasteiger partial charge is 0.255 e. The normalized spacial score (nSPS) is 20.6. The summed E-state index contributed by atoms with van der Waals surface area (Å²) in [5.74, 6) is 0.275. The van der Waals surface area contributed by atoms with E-state index in [4.69, 9.17) is 4.74 Å². The summed E-state index contributed by atoms with van der Waals surface area (Å²) in [6, 6.07) is 7.29. The zero-order valence-electron chi connectivity index (χ0n) is 16.8. The third-order valence-electron chi connectivity index (χ3n) is 5.62. The summed E-state index contributed by atoms with van der Waals surface area (Å²) in [5, 5.41) is 3.05. The van der Waals surface area contributed by atoms with Gasteiger partial charge in [0.2, 0.25) is 11.8 Å². The van der Waals surface area contributed by atoms with E-state index in [2.05, 4.69) is 5.32 Å². The van der Waals surface area contributed by atoms with E-state index < -0.39 is 0 Å². The van der Waals surface area contributed by atoms with Gasteiger partial charge in [0.25, 0.3) is 5.91 Å². The number of ether oxygens (including phenoxy) is 1. The van der Waals surface area contributed by atoms with Crippen molar-refractivity contribution in [3.8, 4) is 5.75 Å². The molecule has 3 rings (SSSR count). The molecule has 1 unspecified atom stereocenters. The molecule has 0 radical (unpaired) electrons. The molecule has 7 heteroatoms. The number of amides is 3. The van der Waals surface area contributed by atoms with Crippen LogP contribution in [0.2, 0.25) is 0 Å². The number of piperidine rings is 1. The summed E-state index contributed by atoms with van der Waals surface area (Å²) in [6.45, 7) is 5.66. The van der Waals surface area contributed by atoms with E-state index in [0.717, 1.165) is 0 Å². The summed E-state index contributed by atoms with van der Waals surface area (Å²) in [5.41, 5.74) is 0.516. The molecular formula is C21H29N3O4. The monoisotopic (exact) mass is 387 g/mol. The van der Waals surface area contributed by atoms with Gasteiger partial charge in [-0.2, -0.15) is 0 Å². The molecule has 2 saturated heterocycles.